The first-order chi connectivity index (χ1) is 8.66. The summed E-state index contributed by atoms with van der Waals surface area (Å²) >= 11 is 5.17. The highest BCUT2D eigenvalue weighted by molar-refractivity contribution is 9.10. The second kappa shape index (κ2) is 6.41. The monoisotopic (exact) mass is 322 g/mol. The van der Waals surface area contributed by atoms with Crippen LogP contribution in [0.1, 0.15) is 17.2 Å². The van der Waals surface area contributed by atoms with Gasteiger partial charge in [-0.05, 0) is 40.5 Å². The Kier molecular flexibility index (Phi) is 4.87. The molecule has 0 bridgehead atoms. The molecule has 18 heavy (non-hydrogen) atoms. The van der Waals surface area contributed by atoms with Crippen molar-refractivity contribution in [2.45, 2.75) is 17.9 Å². The molecule has 2 aromatic rings. The predicted molar refractivity (Wildman–Crippen MR) is 81.0 cm³/mol. The third-order valence-corrected chi connectivity index (χ3v) is 4.76. The molecule has 1 unspecified atom stereocenters. The highest BCUT2D eigenvalue weighted by atomic mass is 79.9. The summed E-state index contributed by atoms with van der Waals surface area (Å²) in [5, 5.41) is 10.2. The van der Waals surface area contributed by atoms with Crippen molar-refractivity contribution in [1.82, 2.24) is 0 Å². The van der Waals surface area contributed by atoms with Crippen LogP contribution < -0.4 is 0 Å². The molecule has 0 saturated carbocycles. The van der Waals surface area contributed by atoms with Crippen molar-refractivity contribution in [1.29, 1.82) is 0 Å². The van der Waals surface area contributed by atoms with Crippen molar-refractivity contribution in [3.63, 3.8) is 0 Å². The average molecular weight is 323 g/mol. The lowest BCUT2D eigenvalue weighted by molar-refractivity contribution is 0.204. The molecule has 0 aliphatic heterocycles. The Morgan fingerprint density at radius 2 is 1.94 bits per heavy atom. The molecule has 1 nitrogen and oxygen atoms in total. The van der Waals surface area contributed by atoms with Crippen LogP contribution >= 0.6 is 27.7 Å². The second-order valence-electron chi connectivity index (χ2n) is 4.17. The van der Waals surface area contributed by atoms with Crippen LogP contribution in [-0.2, 0) is 0 Å². The van der Waals surface area contributed by atoms with E-state index in [9.17, 15) is 5.11 Å². The number of aliphatic hydroxyl groups is 1. The van der Waals surface area contributed by atoms with Gasteiger partial charge >= 0.3 is 0 Å². The number of halogens is 1. The molecular formula is C15H15BrOS. The summed E-state index contributed by atoms with van der Waals surface area (Å²) in [6.07, 6.45) is -0.429. The van der Waals surface area contributed by atoms with Gasteiger partial charge in [0.15, 0.2) is 0 Å². The summed E-state index contributed by atoms with van der Waals surface area (Å²) in [4.78, 5) is 1.16. The van der Waals surface area contributed by atoms with Crippen LogP contribution in [0.15, 0.2) is 57.9 Å². The van der Waals surface area contributed by atoms with Crippen LogP contribution in [0.2, 0.25) is 0 Å². The van der Waals surface area contributed by atoms with Crippen molar-refractivity contribution < 1.29 is 5.11 Å². The molecule has 94 valence electrons. The average Bonchev–Trinajstić information content (AvgIpc) is 2.37. The predicted octanol–water partition coefficient (Wildman–Crippen LogP) is 4.58. The Labute approximate surface area is 120 Å². The number of aryl methyl sites for hydroxylation is 1. The number of benzene rings is 2. The molecule has 2 rings (SSSR count). The highest BCUT2D eigenvalue weighted by Gasteiger charge is 2.09. The zero-order chi connectivity index (χ0) is 13.0. The van der Waals surface area contributed by atoms with E-state index in [0.717, 1.165) is 14.9 Å². The first-order valence-corrected chi connectivity index (χ1v) is 7.56. The molecular weight excluding hydrogens is 308 g/mol. The Hall–Kier alpha value is -0.770. The second-order valence-corrected chi connectivity index (χ2v) is 6.09. The maximum atomic E-state index is 10.2. The van der Waals surface area contributed by atoms with Crippen LogP contribution in [0.3, 0.4) is 0 Å². The number of aliphatic hydroxyl groups excluding tert-OH is 1. The van der Waals surface area contributed by atoms with E-state index < -0.39 is 6.10 Å². The molecule has 0 spiro atoms. The summed E-state index contributed by atoms with van der Waals surface area (Å²) in [5.74, 6) is 0.659. The molecule has 0 aliphatic rings. The van der Waals surface area contributed by atoms with Gasteiger partial charge in [-0.1, -0.05) is 42.0 Å². The van der Waals surface area contributed by atoms with E-state index in [1.54, 1.807) is 11.8 Å². The number of hydrogen-bond acceptors (Lipinski definition) is 2. The third-order valence-electron chi connectivity index (χ3n) is 2.66. The first kappa shape index (κ1) is 13.7. The van der Waals surface area contributed by atoms with Gasteiger partial charge < -0.3 is 5.11 Å². The van der Waals surface area contributed by atoms with Crippen molar-refractivity contribution in [2.24, 2.45) is 0 Å². The molecule has 1 N–H and O–H groups in total. The van der Waals surface area contributed by atoms with E-state index in [4.69, 9.17) is 0 Å². The van der Waals surface area contributed by atoms with Gasteiger partial charge in [-0.2, -0.15) is 0 Å². The molecule has 0 heterocycles. The van der Waals surface area contributed by atoms with E-state index in [-0.39, 0.29) is 0 Å². The maximum absolute atomic E-state index is 10.2. The number of rotatable bonds is 4. The molecule has 3 heteroatoms. The summed E-state index contributed by atoms with van der Waals surface area (Å²) in [6, 6.07) is 16.1. The van der Waals surface area contributed by atoms with E-state index in [1.807, 2.05) is 49.4 Å². The van der Waals surface area contributed by atoms with Gasteiger partial charge in [0.05, 0.1) is 6.10 Å². The van der Waals surface area contributed by atoms with Crippen molar-refractivity contribution in [3.05, 3.63) is 64.1 Å². The Balaban J connectivity index is 2.00. The van der Waals surface area contributed by atoms with Gasteiger partial charge in [0, 0.05) is 15.1 Å². The minimum atomic E-state index is -0.429. The number of thioether (sulfide) groups is 1. The number of hydrogen-bond donors (Lipinski definition) is 1. The zero-order valence-corrected chi connectivity index (χ0v) is 12.5. The summed E-state index contributed by atoms with van der Waals surface area (Å²) in [6.45, 7) is 2.04. The lowest BCUT2D eigenvalue weighted by atomic mass is 10.1. The van der Waals surface area contributed by atoms with Crippen LogP contribution in [-0.4, -0.2) is 10.9 Å². The fourth-order valence-electron chi connectivity index (χ4n) is 1.70. The Morgan fingerprint density at radius 3 is 2.67 bits per heavy atom. The Morgan fingerprint density at radius 1 is 1.17 bits per heavy atom. The molecule has 1 atom stereocenters. The quantitative estimate of drug-likeness (QED) is 0.831. The van der Waals surface area contributed by atoms with Gasteiger partial charge in [0.25, 0.3) is 0 Å². The van der Waals surface area contributed by atoms with Gasteiger partial charge in [-0.25, -0.2) is 0 Å². The van der Waals surface area contributed by atoms with Crippen LogP contribution in [0, 0.1) is 6.92 Å². The lowest BCUT2D eigenvalue weighted by Crippen LogP contribution is -2.00. The summed E-state index contributed by atoms with van der Waals surface area (Å²) in [5.41, 5.74) is 2.16. The van der Waals surface area contributed by atoms with Crippen LogP contribution in [0.4, 0.5) is 0 Å². The molecule has 0 radical (unpaired) electrons. The van der Waals surface area contributed by atoms with Crippen molar-refractivity contribution in [2.75, 3.05) is 5.75 Å². The lowest BCUT2D eigenvalue weighted by Gasteiger charge is -2.12. The molecule has 0 saturated heterocycles. The van der Waals surface area contributed by atoms with Crippen LogP contribution in [0.5, 0.6) is 0 Å². The van der Waals surface area contributed by atoms with Crippen molar-refractivity contribution in [3.8, 4) is 0 Å². The standard InChI is InChI=1S/C15H15BrOS/c1-11-5-4-6-12(9-11)14(17)10-18-15-8-3-2-7-13(15)16/h2-9,14,17H,10H2,1H3. The normalized spacial score (nSPS) is 12.4. The minimum Gasteiger partial charge on any atom is -0.388 e. The van der Waals surface area contributed by atoms with Gasteiger partial charge in [-0.3, -0.25) is 0 Å². The summed E-state index contributed by atoms with van der Waals surface area (Å²) in [7, 11) is 0. The molecule has 0 fully saturated rings. The zero-order valence-electron chi connectivity index (χ0n) is 10.1. The molecule has 0 aliphatic carbocycles. The SMILES string of the molecule is Cc1cccc(C(O)CSc2ccccc2Br)c1. The molecule has 2 aromatic carbocycles. The third kappa shape index (κ3) is 3.61. The maximum Gasteiger partial charge on any atom is 0.0884 e. The molecule has 0 aromatic heterocycles. The fraction of sp³-hybridized carbons (Fsp3) is 0.200. The van der Waals surface area contributed by atoms with E-state index in [1.165, 1.54) is 5.56 Å². The van der Waals surface area contributed by atoms with Crippen LogP contribution in [0.25, 0.3) is 0 Å². The van der Waals surface area contributed by atoms with Crippen molar-refractivity contribution >= 4 is 27.7 Å². The smallest absolute Gasteiger partial charge is 0.0884 e. The molecule has 0 amide bonds. The summed E-state index contributed by atoms with van der Waals surface area (Å²) < 4.78 is 1.08. The topological polar surface area (TPSA) is 20.2 Å². The van der Waals surface area contributed by atoms with Gasteiger partial charge in [0.2, 0.25) is 0 Å². The van der Waals surface area contributed by atoms with Gasteiger partial charge in [0.1, 0.15) is 0 Å². The highest BCUT2D eigenvalue weighted by Crippen LogP contribution is 2.30. The van der Waals surface area contributed by atoms with E-state index in [0.29, 0.717) is 5.75 Å². The first-order valence-electron chi connectivity index (χ1n) is 5.79. The fourth-order valence-corrected chi connectivity index (χ4v) is 3.24. The minimum absolute atomic E-state index is 0.429. The van der Waals surface area contributed by atoms with E-state index >= 15 is 0 Å². The Bertz CT molecular complexity index is 527. The van der Waals surface area contributed by atoms with Gasteiger partial charge in [-0.15, -0.1) is 11.8 Å². The largest absolute Gasteiger partial charge is 0.388 e. The van der Waals surface area contributed by atoms with E-state index in [2.05, 4.69) is 22.0 Å².